The zero-order chi connectivity index (χ0) is 14.0. The highest BCUT2D eigenvalue weighted by Gasteiger charge is 2.40. The third-order valence-corrected chi connectivity index (χ3v) is 4.55. The Morgan fingerprint density at radius 2 is 1.84 bits per heavy atom. The van der Waals surface area contributed by atoms with Gasteiger partial charge in [-0.3, -0.25) is 0 Å². The maximum Gasteiger partial charge on any atom is 0.119 e. The van der Waals surface area contributed by atoms with Crippen LogP contribution in [0.2, 0.25) is 0 Å². The van der Waals surface area contributed by atoms with Crippen LogP contribution in [0.25, 0.3) is 0 Å². The van der Waals surface area contributed by atoms with Crippen LogP contribution in [0.4, 0.5) is 0 Å². The highest BCUT2D eigenvalue weighted by Crippen LogP contribution is 2.44. The molecule has 1 fully saturated rings. The van der Waals surface area contributed by atoms with Crippen molar-refractivity contribution in [1.29, 1.82) is 0 Å². The molecule has 0 aromatic heterocycles. The first-order valence-electron chi connectivity index (χ1n) is 7.43. The first-order valence-corrected chi connectivity index (χ1v) is 7.43. The number of aliphatic hydroxyl groups is 1. The van der Waals surface area contributed by atoms with Gasteiger partial charge in [0.25, 0.3) is 0 Å². The Hall–Kier alpha value is -1.02. The van der Waals surface area contributed by atoms with Crippen molar-refractivity contribution in [2.45, 2.75) is 58.7 Å². The van der Waals surface area contributed by atoms with Crippen LogP contribution in [0.5, 0.6) is 5.75 Å². The van der Waals surface area contributed by atoms with Crippen LogP contribution in [0.1, 0.15) is 52.5 Å². The predicted octanol–water partition coefficient (Wildman–Crippen LogP) is 4.12. The molecule has 1 saturated carbocycles. The molecule has 1 aliphatic rings. The average Bonchev–Trinajstić information content (AvgIpc) is 2.36. The van der Waals surface area contributed by atoms with Crippen molar-refractivity contribution in [2.75, 3.05) is 0 Å². The third kappa shape index (κ3) is 2.94. The summed E-state index contributed by atoms with van der Waals surface area (Å²) in [6.07, 6.45) is 3.37. The second-order valence-corrected chi connectivity index (χ2v) is 6.27. The van der Waals surface area contributed by atoms with Crippen molar-refractivity contribution in [3.8, 4) is 5.75 Å². The summed E-state index contributed by atoms with van der Waals surface area (Å²) in [6.45, 7) is 8.45. The standard InChI is InChI=1S/C17H26O2/c1-12(2)19-16-9-7-15(8-10-16)17(18)11-5-6-13(3)14(17)4/h7-10,12-14,18H,5-6,11H2,1-4H3. The molecule has 106 valence electrons. The molecule has 1 aromatic carbocycles. The zero-order valence-corrected chi connectivity index (χ0v) is 12.5. The number of benzene rings is 1. The van der Waals surface area contributed by atoms with E-state index in [1.807, 2.05) is 38.1 Å². The van der Waals surface area contributed by atoms with E-state index < -0.39 is 5.60 Å². The highest BCUT2D eigenvalue weighted by atomic mass is 16.5. The van der Waals surface area contributed by atoms with E-state index in [2.05, 4.69) is 13.8 Å². The Bertz CT molecular complexity index is 410. The lowest BCUT2D eigenvalue weighted by molar-refractivity contribution is -0.0688. The quantitative estimate of drug-likeness (QED) is 0.888. The lowest BCUT2D eigenvalue weighted by Crippen LogP contribution is -2.40. The molecule has 0 heterocycles. The van der Waals surface area contributed by atoms with Gasteiger partial charge < -0.3 is 9.84 Å². The van der Waals surface area contributed by atoms with E-state index in [-0.39, 0.29) is 6.10 Å². The maximum atomic E-state index is 11.0. The van der Waals surface area contributed by atoms with E-state index in [9.17, 15) is 5.11 Å². The molecule has 0 amide bonds. The van der Waals surface area contributed by atoms with E-state index in [1.165, 1.54) is 6.42 Å². The van der Waals surface area contributed by atoms with E-state index in [0.29, 0.717) is 11.8 Å². The maximum absolute atomic E-state index is 11.0. The first-order chi connectivity index (χ1) is 8.93. The number of rotatable bonds is 3. The van der Waals surface area contributed by atoms with Crippen LogP contribution in [0.3, 0.4) is 0 Å². The van der Waals surface area contributed by atoms with Crippen molar-refractivity contribution < 1.29 is 9.84 Å². The molecule has 0 spiro atoms. The summed E-state index contributed by atoms with van der Waals surface area (Å²) >= 11 is 0. The molecular weight excluding hydrogens is 236 g/mol. The second-order valence-electron chi connectivity index (χ2n) is 6.27. The molecule has 2 heteroatoms. The van der Waals surface area contributed by atoms with Crippen LogP contribution < -0.4 is 4.74 Å². The van der Waals surface area contributed by atoms with E-state index in [0.717, 1.165) is 24.2 Å². The van der Waals surface area contributed by atoms with E-state index in [4.69, 9.17) is 4.74 Å². The highest BCUT2D eigenvalue weighted by molar-refractivity contribution is 5.32. The van der Waals surface area contributed by atoms with Gasteiger partial charge in [0.2, 0.25) is 0 Å². The van der Waals surface area contributed by atoms with Crippen molar-refractivity contribution in [3.05, 3.63) is 29.8 Å². The van der Waals surface area contributed by atoms with Crippen LogP contribution in [-0.4, -0.2) is 11.2 Å². The van der Waals surface area contributed by atoms with Crippen molar-refractivity contribution in [3.63, 3.8) is 0 Å². The Balaban J connectivity index is 2.20. The summed E-state index contributed by atoms with van der Waals surface area (Å²) in [5, 5.41) is 11.0. The van der Waals surface area contributed by atoms with Gasteiger partial charge in [0.05, 0.1) is 11.7 Å². The summed E-state index contributed by atoms with van der Waals surface area (Å²) in [5.41, 5.74) is 0.358. The Morgan fingerprint density at radius 1 is 1.21 bits per heavy atom. The molecule has 1 N–H and O–H groups in total. The fraction of sp³-hybridized carbons (Fsp3) is 0.647. The van der Waals surface area contributed by atoms with Gasteiger partial charge in [0, 0.05) is 0 Å². The summed E-state index contributed by atoms with van der Waals surface area (Å²) < 4.78 is 5.66. The largest absolute Gasteiger partial charge is 0.491 e. The molecule has 3 atom stereocenters. The molecule has 19 heavy (non-hydrogen) atoms. The summed E-state index contributed by atoms with van der Waals surface area (Å²) in [4.78, 5) is 0. The topological polar surface area (TPSA) is 29.5 Å². The summed E-state index contributed by atoms with van der Waals surface area (Å²) in [7, 11) is 0. The molecule has 0 saturated heterocycles. The second kappa shape index (κ2) is 5.54. The van der Waals surface area contributed by atoms with Gasteiger partial charge in [-0.15, -0.1) is 0 Å². The van der Waals surface area contributed by atoms with Crippen molar-refractivity contribution in [1.82, 2.24) is 0 Å². The van der Waals surface area contributed by atoms with Gasteiger partial charge in [-0.05, 0) is 56.2 Å². The Kier molecular flexibility index (Phi) is 4.19. The Morgan fingerprint density at radius 3 is 2.42 bits per heavy atom. The molecule has 1 aromatic rings. The van der Waals surface area contributed by atoms with Crippen molar-refractivity contribution in [2.24, 2.45) is 11.8 Å². The normalized spacial score (nSPS) is 31.5. The molecule has 1 aliphatic carbocycles. The number of hydrogen-bond donors (Lipinski definition) is 1. The summed E-state index contributed by atoms with van der Waals surface area (Å²) in [6, 6.07) is 7.98. The predicted molar refractivity (Wildman–Crippen MR) is 78.3 cm³/mol. The van der Waals surface area contributed by atoms with Crippen LogP contribution >= 0.6 is 0 Å². The minimum absolute atomic E-state index is 0.183. The zero-order valence-electron chi connectivity index (χ0n) is 12.5. The van der Waals surface area contributed by atoms with Gasteiger partial charge in [-0.1, -0.05) is 32.4 Å². The van der Waals surface area contributed by atoms with Crippen molar-refractivity contribution >= 4 is 0 Å². The van der Waals surface area contributed by atoms with Gasteiger partial charge in [0.15, 0.2) is 0 Å². The van der Waals surface area contributed by atoms with Gasteiger partial charge >= 0.3 is 0 Å². The molecule has 0 aliphatic heterocycles. The monoisotopic (exact) mass is 262 g/mol. The SMILES string of the molecule is CC(C)Oc1ccc(C2(O)CCCC(C)C2C)cc1. The minimum atomic E-state index is -0.673. The molecule has 2 rings (SSSR count). The Labute approximate surface area is 116 Å². The number of ether oxygens (including phenoxy) is 1. The lowest BCUT2D eigenvalue weighted by atomic mass is 9.67. The van der Waals surface area contributed by atoms with E-state index in [1.54, 1.807) is 0 Å². The molecule has 0 bridgehead atoms. The third-order valence-electron chi connectivity index (χ3n) is 4.55. The number of hydrogen-bond acceptors (Lipinski definition) is 2. The lowest BCUT2D eigenvalue weighted by Gasteiger charge is -2.42. The van der Waals surface area contributed by atoms with Gasteiger partial charge in [-0.25, -0.2) is 0 Å². The molecular formula is C17H26O2. The minimum Gasteiger partial charge on any atom is -0.491 e. The van der Waals surface area contributed by atoms with Crippen LogP contribution in [0.15, 0.2) is 24.3 Å². The van der Waals surface area contributed by atoms with Gasteiger partial charge in [-0.2, -0.15) is 0 Å². The molecule has 3 unspecified atom stereocenters. The average molecular weight is 262 g/mol. The van der Waals surface area contributed by atoms with Gasteiger partial charge in [0.1, 0.15) is 5.75 Å². The van der Waals surface area contributed by atoms with Crippen LogP contribution in [-0.2, 0) is 5.60 Å². The smallest absolute Gasteiger partial charge is 0.119 e. The van der Waals surface area contributed by atoms with Crippen LogP contribution in [0, 0.1) is 11.8 Å². The fourth-order valence-electron chi connectivity index (χ4n) is 3.14. The molecule has 2 nitrogen and oxygen atoms in total. The summed E-state index contributed by atoms with van der Waals surface area (Å²) in [5.74, 6) is 1.75. The first kappa shape index (κ1) is 14.4. The molecule has 0 radical (unpaired) electrons. The van der Waals surface area contributed by atoms with E-state index >= 15 is 0 Å². The fourth-order valence-corrected chi connectivity index (χ4v) is 3.14.